The van der Waals surface area contributed by atoms with E-state index in [0.29, 0.717) is 43.1 Å². The minimum atomic E-state index is -0.657. The molecule has 0 aliphatic heterocycles. The maximum atomic E-state index is 14.3. The number of carbonyl (C=O) groups is 2. The number of nitrogens with two attached hydrogens (primary N) is 1. The fraction of sp³-hybridized carbons (Fsp3) is 0.556. The molecule has 2 aromatic heterocycles. The Hall–Kier alpha value is -3.96. The van der Waals surface area contributed by atoms with Crippen LogP contribution in [0.25, 0.3) is 0 Å². The van der Waals surface area contributed by atoms with Gasteiger partial charge in [0.2, 0.25) is 11.8 Å². The lowest BCUT2D eigenvalue weighted by molar-refractivity contribution is -0.167. The molecule has 39 heavy (non-hydrogen) atoms. The number of phenolic OH excluding ortho intramolecular Hbond substituents is 1. The molecule has 3 aromatic rings. The number of nitrogens with one attached hydrogen (secondary N) is 4. The number of amides is 2. The van der Waals surface area contributed by atoms with Crippen molar-refractivity contribution in [2.24, 2.45) is 40.7 Å². The SMILES string of the molecule is NC(=O)C12CC3CC(CC(C3)C1[C@H](Cc1ccc(O)cc1)C(=O)N[C@H](CNc1nn[nH]n1)Cc1cnc[nH]1)C2. The third kappa shape index (κ3) is 5.07. The number of tetrazole rings is 1. The number of hydrogen-bond donors (Lipinski definition) is 6. The van der Waals surface area contributed by atoms with Gasteiger partial charge in [-0.1, -0.05) is 17.2 Å². The number of aromatic hydroxyl groups is 1. The van der Waals surface area contributed by atoms with Crippen molar-refractivity contribution in [1.82, 2.24) is 35.9 Å². The number of benzene rings is 1. The van der Waals surface area contributed by atoms with Crippen LogP contribution in [0.15, 0.2) is 36.8 Å². The van der Waals surface area contributed by atoms with Gasteiger partial charge in [0.15, 0.2) is 0 Å². The van der Waals surface area contributed by atoms with Crippen LogP contribution < -0.4 is 16.4 Å². The molecule has 12 heteroatoms. The Morgan fingerprint density at radius 3 is 2.54 bits per heavy atom. The smallest absolute Gasteiger partial charge is 0.263 e. The van der Waals surface area contributed by atoms with Crippen LogP contribution >= 0.6 is 0 Å². The van der Waals surface area contributed by atoms with Crippen molar-refractivity contribution in [3.05, 3.63) is 48.0 Å². The van der Waals surface area contributed by atoms with E-state index in [4.69, 9.17) is 5.73 Å². The minimum absolute atomic E-state index is 0.0967. The Morgan fingerprint density at radius 1 is 1.13 bits per heavy atom. The van der Waals surface area contributed by atoms with E-state index >= 15 is 0 Å². The number of H-pyrrole nitrogens is 2. The van der Waals surface area contributed by atoms with E-state index < -0.39 is 11.3 Å². The molecule has 5 atom stereocenters. The molecule has 12 nitrogen and oxygen atoms in total. The molecule has 0 saturated heterocycles. The van der Waals surface area contributed by atoms with E-state index in [2.05, 4.69) is 41.2 Å². The number of aromatic nitrogens is 6. The van der Waals surface area contributed by atoms with Crippen molar-refractivity contribution in [1.29, 1.82) is 0 Å². The summed E-state index contributed by atoms with van der Waals surface area (Å²) in [5.74, 6) is 0.898. The summed E-state index contributed by atoms with van der Waals surface area (Å²) >= 11 is 0. The van der Waals surface area contributed by atoms with Gasteiger partial charge in [-0.15, -0.1) is 5.10 Å². The third-order valence-corrected chi connectivity index (χ3v) is 9.26. The number of anilines is 1. The Morgan fingerprint density at radius 2 is 1.90 bits per heavy atom. The number of rotatable bonds is 11. The van der Waals surface area contributed by atoms with Gasteiger partial charge in [0.05, 0.1) is 17.8 Å². The average Bonchev–Trinajstić information content (AvgIpc) is 3.61. The van der Waals surface area contributed by atoms with Gasteiger partial charge >= 0.3 is 0 Å². The van der Waals surface area contributed by atoms with E-state index in [0.717, 1.165) is 36.9 Å². The summed E-state index contributed by atoms with van der Waals surface area (Å²) in [6, 6.07) is 6.67. The molecule has 7 N–H and O–H groups in total. The molecule has 0 spiro atoms. The van der Waals surface area contributed by atoms with Crippen molar-refractivity contribution in [2.45, 2.75) is 51.0 Å². The largest absolute Gasteiger partial charge is 0.508 e. The summed E-state index contributed by atoms with van der Waals surface area (Å²) in [6.45, 7) is 0.370. The molecular weight excluding hydrogens is 498 g/mol. The van der Waals surface area contributed by atoms with Crippen LogP contribution in [0.1, 0.15) is 43.4 Å². The van der Waals surface area contributed by atoms with Gasteiger partial charge in [0.1, 0.15) is 5.75 Å². The molecule has 206 valence electrons. The monoisotopic (exact) mass is 533 g/mol. The van der Waals surface area contributed by atoms with E-state index in [1.807, 2.05) is 12.1 Å². The lowest BCUT2D eigenvalue weighted by atomic mass is 9.42. The average molecular weight is 534 g/mol. The van der Waals surface area contributed by atoms with Crippen molar-refractivity contribution < 1.29 is 14.7 Å². The zero-order valence-corrected chi connectivity index (χ0v) is 21.7. The highest BCUT2D eigenvalue weighted by molar-refractivity contribution is 5.85. The Bertz CT molecular complexity index is 1260. The quantitative estimate of drug-likeness (QED) is 0.214. The van der Waals surface area contributed by atoms with Crippen LogP contribution in [0.3, 0.4) is 0 Å². The molecule has 0 radical (unpaired) electrons. The number of phenols is 1. The topological polar surface area (TPSA) is 188 Å². The highest BCUT2D eigenvalue weighted by Crippen LogP contribution is 2.64. The lowest BCUT2D eigenvalue weighted by Gasteiger charge is -2.61. The first-order valence-corrected chi connectivity index (χ1v) is 13.7. The van der Waals surface area contributed by atoms with Crippen molar-refractivity contribution in [3.63, 3.8) is 0 Å². The normalized spacial score (nSPS) is 28.6. The first-order valence-electron chi connectivity index (χ1n) is 13.7. The maximum absolute atomic E-state index is 14.3. The second-order valence-electron chi connectivity index (χ2n) is 11.7. The van der Waals surface area contributed by atoms with Crippen LogP contribution in [-0.4, -0.2) is 60.1 Å². The van der Waals surface area contributed by atoms with Crippen molar-refractivity contribution >= 4 is 17.8 Å². The van der Waals surface area contributed by atoms with E-state index in [1.54, 1.807) is 24.7 Å². The van der Waals surface area contributed by atoms with Crippen molar-refractivity contribution in [2.75, 3.05) is 11.9 Å². The molecule has 1 aromatic carbocycles. The number of carbonyl (C=O) groups excluding carboxylic acids is 2. The number of imidazole rings is 1. The second kappa shape index (κ2) is 10.3. The van der Waals surface area contributed by atoms with Crippen LogP contribution in [-0.2, 0) is 22.4 Å². The van der Waals surface area contributed by atoms with Crippen LogP contribution in [0.5, 0.6) is 5.75 Å². The van der Waals surface area contributed by atoms with Gasteiger partial charge in [-0.05, 0) is 85.1 Å². The molecule has 2 amide bonds. The Balaban J connectivity index is 1.30. The van der Waals surface area contributed by atoms with Crippen molar-refractivity contribution in [3.8, 4) is 5.75 Å². The maximum Gasteiger partial charge on any atom is 0.263 e. The number of hydrogen-bond acceptors (Lipinski definition) is 8. The Kier molecular flexibility index (Phi) is 6.69. The highest BCUT2D eigenvalue weighted by Gasteiger charge is 2.62. The number of nitrogens with zero attached hydrogens (tertiary/aromatic N) is 4. The number of primary amides is 1. The molecule has 4 saturated carbocycles. The predicted molar refractivity (Wildman–Crippen MR) is 141 cm³/mol. The number of aromatic amines is 2. The minimum Gasteiger partial charge on any atom is -0.508 e. The summed E-state index contributed by atoms with van der Waals surface area (Å²) in [5.41, 5.74) is 7.35. The van der Waals surface area contributed by atoms with Gasteiger partial charge in [0, 0.05) is 30.8 Å². The molecule has 4 bridgehead atoms. The molecule has 4 fully saturated rings. The van der Waals surface area contributed by atoms with Gasteiger partial charge in [-0.25, -0.2) is 4.98 Å². The van der Waals surface area contributed by atoms with Crippen LogP contribution in [0.4, 0.5) is 5.95 Å². The molecule has 7 rings (SSSR count). The molecule has 3 unspecified atom stereocenters. The molecule has 2 heterocycles. The first-order chi connectivity index (χ1) is 18.9. The summed E-state index contributed by atoms with van der Waals surface area (Å²) in [6.07, 6.45) is 9.14. The molecule has 4 aliphatic rings. The fourth-order valence-electron chi connectivity index (χ4n) is 8.02. The van der Waals surface area contributed by atoms with Gasteiger partial charge in [-0.3, -0.25) is 9.59 Å². The van der Waals surface area contributed by atoms with Gasteiger partial charge in [-0.2, -0.15) is 5.21 Å². The van der Waals surface area contributed by atoms with Gasteiger partial charge < -0.3 is 26.5 Å². The van der Waals surface area contributed by atoms with E-state index in [-0.39, 0.29) is 29.5 Å². The highest BCUT2D eigenvalue weighted by atomic mass is 16.3. The standard InChI is InChI=1S/C27H35N9O3/c28-25(39)27-10-16-5-17(11-27)7-18(6-16)23(27)22(8-15-1-3-21(37)4-2-15)24(38)32-20(9-19-12-29-14-31-19)13-30-26-33-35-36-34-26/h1-4,12,14,16-18,20,22-23,37H,5-11,13H2,(H2,28,39)(H,29,31)(H,32,38)(H2,30,33,34,35,36)/t16?,17?,18?,20-,22-,23?,27?/m0/s1. The van der Waals surface area contributed by atoms with Crippen LogP contribution in [0, 0.1) is 35.0 Å². The summed E-state index contributed by atoms with van der Waals surface area (Å²) in [4.78, 5) is 34.7. The van der Waals surface area contributed by atoms with E-state index in [1.165, 1.54) is 6.42 Å². The zero-order chi connectivity index (χ0) is 27.0. The second-order valence-corrected chi connectivity index (χ2v) is 11.7. The summed E-state index contributed by atoms with van der Waals surface area (Å²) in [7, 11) is 0. The predicted octanol–water partition coefficient (Wildman–Crippen LogP) is 1.55. The third-order valence-electron chi connectivity index (χ3n) is 9.26. The molecule has 4 aliphatic carbocycles. The Labute approximate surface area is 225 Å². The zero-order valence-electron chi connectivity index (χ0n) is 21.7. The molecular formula is C27H35N9O3. The first kappa shape index (κ1) is 25.3. The van der Waals surface area contributed by atoms with Gasteiger partial charge in [0.25, 0.3) is 5.95 Å². The lowest BCUT2D eigenvalue weighted by Crippen LogP contribution is -2.62. The van der Waals surface area contributed by atoms with Crippen LogP contribution in [0.2, 0.25) is 0 Å². The van der Waals surface area contributed by atoms with E-state index in [9.17, 15) is 14.7 Å². The summed E-state index contributed by atoms with van der Waals surface area (Å²) < 4.78 is 0. The summed E-state index contributed by atoms with van der Waals surface area (Å²) in [5, 5.41) is 30.1. The fourth-order valence-corrected chi connectivity index (χ4v) is 8.02.